The highest BCUT2D eigenvalue weighted by Gasteiger charge is 2.41. The second-order valence-corrected chi connectivity index (χ2v) is 8.44. The molecule has 1 aliphatic heterocycles. The first-order valence-electron chi connectivity index (χ1n) is 8.68. The third kappa shape index (κ3) is 4.19. The van der Waals surface area contributed by atoms with Gasteiger partial charge in [-0.2, -0.15) is 17.9 Å². The van der Waals surface area contributed by atoms with Gasteiger partial charge in [-0.25, -0.2) is 21.6 Å². The van der Waals surface area contributed by atoms with Crippen molar-refractivity contribution in [1.82, 2.24) is 9.29 Å². The summed E-state index contributed by atoms with van der Waals surface area (Å²) in [6.07, 6.45) is -2.03. The van der Waals surface area contributed by atoms with Gasteiger partial charge in [-0.05, 0) is 19.9 Å². The highest BCUT2D eigenvalue weighted by Crippen LogP contribution is 2.33. The maximum absolute atomic E-state index is 13.4. The Kier molecular flexibility index (Phi) is 5.69. The van der Waals surface area contributed by atoms with Gasteiger partial charge < -0.3 is 9.88 Å². The zero-order valence-corrected chi connectivity index (χ0v) is 16.8. The summed E-state index contributed by atoms with van der Waals surface area (Å²) in [6.45, 7) is 1.88. The molecule has 1 aliphatic rings. The zero-order chi connectivity index (χ0) is 23.3. The number of carbonyl (C=O) groups is 1. The SMILES string of the molecule is Cc1c(S(=O)(=O)NC(C)C(F)(F)F)c2n(c1C(=O)Nc1cc(F)c(F)c(F)c1)CC=C2. The van der Waals surface area contributed by atoms with Crippen LogP contribution in [0.2, 0.25) is 0 Å². The summed E-state index contributed by atoms with van der Waals surface area (Å²) in [5, 5.41) is 2.14. The lowest BCUT2D eigenvalue weighted by Crippen LogP contribution is -2.43. The van der Waals surface area contributed by atoms with Crippen molar-refractivity contribution in [1.29, 1.82) is 0 Å². The standard InChI is InChI=1S/C18H15F6N3O3S/c1-8-15(17(28)25-10-6-11(19)14(21)12(20)7-10)27-5-3-4-13(27)16(8)31(29,30)26-9(2)18(22,23)24/h3-4,6-7,9,26H,5H2,1-2H3,(H,25,28). The van der Waals surface area contributed by atoms with Crippen molar-refractivity contribution in [3.05, 3.63) is 52.6 Å². The Bertz CT molecular complexity index is 1180. The number of allylic oxidation sites excluding steroid dienone is 1. The lowest BCUT2D eigenvalue weighted by atomic mass is 10.2. The van der Waals surface area contributed by atoms with Crippen LogP contribution < -0.4 is 10.0 Å². The summed E-state index contributed by atoms with van der Waals surface area (Å²) in [5.74, 6) is -5.83. The fourth-order valence-corrected chi connectivity index (χ4v) is 4.85. The van der Waals surface area contributed by atoms with E-state index in [-0.39, 0.29) is 23.5 Å². The van der Waals surface area contributed by atoms with Crippen LogP contribution in [0, 0.1) is 24.4 Å². The van der Waals surface area contributed by atoms with Gasteiger partial charge in [0.1, 0.15) is 16.6 Å². The highest BCUT2D eigenvalue weighted by atomic mass is 32.2. The normalized spacial score (nSPS) is 14.6. The van der Waals surface area contributed by atoms with E-state index in [1.165, 1.54) is 28.4 Å². The van der Waals surface area contributed by atoms with Gasteiger partial charge in [0, 0.05) is 29.9 Å². The van der Waals surface area contributed by atoms with Gasteiger partial charge in [-0.15, -0.1) is 0 Å². The molecule has 1 aromatic carbocycles. The number of alkyl halides is 3. The first kappa shape index (κ1) is 22.9. The Morgan fingerprint density at radius 1 is 1.16 bits per heavy atom. The Morgan fingerprint density at radius 3 is 2.29 bits per heavy atom. The number of hydrogen-bond donors (Lipinski definition) is 2. The summed E-state index contributed by atoms with van der Waals surface area (Å²) >= 11 is 0. The van der Waals surface area contributed by atoms with E-state index in [1.807, 2.05) is 0 Å². The minimum absolute atomic E-state index is 0.0269. The number of amides is 1. The Hall–Kier alpha value is -2.80. The summed E-state index contributed by atoms with van der Waals surface area (Å²) in [4.78, 5) is 12.2. The Labute approximate surface area is 172 Å². The summed E-state index contributed by atoms with van der Waals surface area (Å²) in [6, 6.07) is -1.33. The quantitative estimate of drug-likeness (QED) is 0.520. The van der Waals surface area contributed by atoms with Crippen LogP contribution in [0.25, 0.3) is 6.08 Å². The number of benzene rings is 1. The zero-order valence-electron chi connectivity index (χ0n) is 15.9. The van der Waals surface area contributed by atoms with E-state index < -0.39 is 56.2 Å². The van der Waals surface area contributed by atoms with E-state index in [0.29, 0.717) is 19.1 Å². The molecule has 0 bridgehead atoms. The largest absolute Gasteiger partial charge is 0.404 e. The molecule has 1 atom stereocenters. The second-order valence-electron chi connectivity index (χ2n) is 6.79. The number of fused-ring (bicyclic) bond motifs is 1. The predicted octanol–water partition coefficient (Wildman–Crippen LogP) is 3.72. The summed E-state index contributed by atoms with van der Waals surface area (Å²) < 4.78 is 107. The number of hydrogen-bond acceptors (Lipinski definition) is 3. The minimum atomic E-state index is -4.84. The molecule has 31 heavy (non-hydrogen) atoms. The molecule has 168 valence electrons. The Balaban J connectivity index is 2.02. The monoisotopic (exact) mass is 467 g/mol. The maximum Gasteiger partial charge on any atom is 0.404 e. The number of aromatic nitrogens is 1. The minimum Gasteiger partial charge on any atom is -0.332 e. The maximum atomic E-state index is 13.4. The van der Waals surface area contributed by atoms with E-state index in [4.69, 9.17) is 0 Å². The van der Waals surface area contributed by atoms with Crippen LogP contribution in [-0.4, -0.2) is 31.1 Å². The number of halogens is 6. The second kappa shape index (κ2) is 7.71. The van der Waals surface area contributed by atoms with Crippen molar-refractivity contribution in [3.63, 3.8) is 0 Å². The molecular formula is C18H15F6N3O3S. The number of rotatable bonds is 5. The fourth-order valence-electron chi connectivity index (χ4n) is 3.18. The van der Waals surface area contributed by atoms with Gasteiger partial charge in [0.2, 0.25) is 10.0 Å². The van der Waals surface area contributed by atoms with Gasteiger partial charge in [0.25, 0.3) is 5.91 Å². The van der Waals surface area contributed by atoms with Crippen LogP contribution in [0.3, 0.4) is 0 Å². The van der Waals surface area contributed by atoms with Gasteiger partial charge >= 0.3 is 6.18 Å². The van der Waals surface area contributed by atoms with Crippen molar-refractivity contribution in [2.45, 2.75) is 37.5 Å². The molecule has 0 spiro atoms. The number of anilines is 1. The molecule has 0 aliphatic carbocycles. The average molecular weight is 467 g/mol. The van der Waals surface area contributed by atoms with E-state index in [2.05, 4.69) is 5.32 Å². The smallest absolute Gasteiger partial charge is 0.332 e. The van der Waals surface area contributed by atoms with Crippen molar-refractivity contribution >= 4 is 27.7 Å². The first-order valence-corrected chi connectivity index (χ1v) is 10.2. The predicted molar refractivity (Wildman–Crippen MR) is 98.3 cm³/mol. The summed E-state index contributed by atoms with van der Waals surface area (Å²) in [5.41, 5.74) is -0.872. The van der Waals surface area contributed by atoms with Gasteiger partial charge in [-0.3, -0.25) is 4.79 Å². The van der Waals surface area contributed by atoms with Crippen LogP contribution >= 0.6 is 0 Å². The number of carbonyl (C=O) groups excluding carboxylic acids is 1. The summed E-state index contributed by atoms with van der Waals surface area (Å²) in [7, 11) is -4.69. The molecule has 2 heterocycles. The lowest BCUT2D eigenvalue weighted by Gasteiger charge is -2.17. The molecule has 2 N–H and O–H groups in total. The van der Waals surface area contributed by atoms with E-state index >= 15 is 0 Å². The lowest BCUT2D eigenvalue weighted by molar-refractivity contribution is -0.147. The molecule has 1 amide bonds. The molecule has 0 saturated carbocycles. The van der Waals surface area contributed by atoms with Gasteiger partial charge in [-0.1, -0.05) is 6.08 Å². The van der Waals surface area contributed by atoms with Crippen LogP contribution in [0.1, 0.15) is 28.7 Å². The molecule has 1 aromatic heterocycles. The number of nitrogens with zero attached hydrogens (tertiary/aromatic N) is 1. The van der Waals surface area contributed by atoms with Crippen molar-refractivity contribution in [3.8, 4) is 0 Å². The fraction of sp³-hybridized carbons (Fsp3) is 0.278. The van der Waals surface area contributed by atoms with Crippen molar-refractivity contribution in [2.75, 3.05) is 5.32 Å². The van der Waals surface area contributed by atoms with E-state index in [0.717, 1.165) is 0 Å². The first-order chi connectivity index (χ1) is 14.2. The van der Waals surface area contributed by atoms with Crippen LogP contribution in [0.5, 0.6) is 0 Å². The average Bonchev–Trinajstić information content (AvgIpc) is 3.17. The van der Waals surface area contributed by atoms with Gasteiger partial charge in [0.15, 0.2) is 17.5 Å². The molecule has 0 fully saturated rings. The number of nitrogens with one attached hydrogen (secondary N) is 2. The van der Waals surface area contributed by atoms with E-state index in [9.17, 15) is 39.6 Å². The molecule has 0 saturated heterocycles. The number of sulfonamides is 1. The molecule has 0 radical (unpaired) electrons. The molecule has 6 nitrogen and oxygen atoms in total. The third-order valence-corrected chi connectivity index (χ3v) is 6.32. The highest BCUT2D eigenvalue weighted by molar-refractivity contribution is 7.89. The molecule has 2 aromatic rings. The van der Waals surface area contributed by atoms with Crippen LogP contribution in [-0.2, 0) is 16.6 Å². The van der Waals surface area contributed by atoms with Crippen LogP contribution in [0.15, 0.2) is 23.1 Å². The topological polar surface area (TPSA) is 80.2 Å². The third-order valence-electron chi connectivity index (χ3n) is 4.60. The van der Waals surface area contributed by atoms with Crippen molar-refractivity contribution in [2.24, 2.45) is 0 Å². The molecule has 13 heteroatoms. The Morgan fingerprint density at radius 2 is 1.74 bits per heavy atom. The van der Waals surface area contributed by atoms with Gasteiger partial charge in [0.05, 0.1) is 5.69 Å². The molecule has 1 unspecified atom stereocenters. The van der Waals surface area contributed by atoms with Crippen molar-refractivity contribution < 1.29 is 39.6 Å². The van der Waals surface area contributed by atoms with E-state index in [1.54, 1.807) is 0 Å². The molecule has 3 rings (SSSR count). The molecular weight excluding hydrogens is 452 g/mol. The van der Waals surface area contributed by atoms with Crippen LogP contribution in [0.4, 0.5) is 32.0 Å².